The third kappa shape index (κ3) is 14.4. The van der Waals surface area contributed by atoms with Crippen molar-refractivity contribution in [3.63, 3.8) is 0 Å². The molecule has 29 heavy (non-hydrogen) atoms. The van der Waals surface area contributed by atoms with Crippen LogP contribution in [0, 0.1) is 0 Å². The van der Waals surface area contributed by atoms with Crippen molar-refractivity contribution in [3.05, 3.63) is 36.6 Å². The van der Waals surface area contributed by atoms with Crippen LogP contribution in [0.25, 0.3) is 0 Å². The van der Waals surface area contributed by atoms with E-state index in [1.807, 2.05) is 0 Å². The lowest BCUT2D eigenvalue weighted by molar-refractivity contribution is -0.139. The monoisotopic (exact) mass is 412 g/mol. The van der Waals surface area contributed by atoms with Crippen LogP contribution in [-0.2, 0) is 28.5 Å². The van der Waals surface area contributed by atoms with Crippen LogP contribution in [0.2, 0.25) is 0 Å². The smallest absolute Gasteiger partial charge is 0.412 e. The van der Waals surface area contributed by atoms with Gasteiger partial charge in [0, 0.05) is 17.6 Å². The maximum absolute atomic E-state index is 11.5. The summed E-state index contributed by atoms with van der Waals surface area (Å²) in [6.45, 7) is 13.8. The number of hydrogen-bond acceptors (Lipinski definition) is 8. The number of carbonyl (C=O) groups is 4. The third-order valence-electron chi connectivity index (χ3n) is 2.98. The van der Waals surface area contributed by atoms with Crippen LogP contribution < -0.4 is 10.6 Å². The molecular formula is C19H28N2O8. The SMILES string of the molecule is C=C(CCCOC(=O)NCCOC(=O)C(=C)C)OC(=O)NCCOC(=O)C(=C)C. The maximum atomic E-state index is 11.5. The average molecular weight is 412 g/mol. The predicted molar refractivity (Wildman–Crippen MR) is 104 cm³/mol. The molecule has 10 nitrogen and oxygen atoms in total. The molecule has 162 valence electrons. The van der Waals surface area contributed by atoms with Crippen LogP contribution in [0.15, 0.2) is 36.6 Å². The molecular weight excluding hydrogens is 384 g/mol. The van der Waals surface area contributed by atoms with E-state index >= 15 is 0 Å². The molecule has 0 rings (SSSR count). The largest absolute Gasteiger partial charge is 0.460 e. The molecule has 0 saturated carbocycles. The van der Waals surface area contributed by atoms with Crippen LogP contribution >= 0.6 is 0 Å². The number of amides is 2. The van der Waals surface area contributed by atoms with E-state index in [1.54, 1.807) is 0 Å². The normalized spacial score (nSPS) is 9.59. The van der Waals surface area contributed by atoms with Gasteiger partial charge in [0.25, 0.3) is 0 Å². The molecule has 2 N–H and O–H groups in total. The molecule has 0 aliphatic heterocycles. The van der Waals surface area contributed by atoms with Gasteiger partial charge in [-0.2, -0.15) is 0 Å². The van der Waals surface area contributed by atoms with E-state index in [1.165, 1.54) is 13.8 Å². The second-order valence-electron chi connectivity index (χ2n) is 5.85. The fraction of sp³-hybridized carbons (Fsp3) is 0.474. The summed E-state index contributed by atoms with van der Waals surface area (Å²) in [7, 11) is 0. The molecule has 0 saturated heterocycles. The number of nitrogens with one attached hydrogen (secondary N) is 2. The molecule has 0 aliphatic carbocycles. The van der Waals surface area contributed by atoms with Crippen LogP contribution in [-0.4, -0.2) is 57.0 Å². The van der Waals surface area contributed by atoms with Crippen molar-refractivity contribution in [2.24, 2.45) is 0 Å². The summed E-state index contributed by atoms with van der Waals surface area (Å²) in [6.07, 6.45) is -0.712. The zero-order valence-electron chi connectivity index (χ0n) is 16.8. The van der Waals surface area contributed by atoms with Gasteiger partial charge in [0.05, 0.1) is 19.7 Å². The van der Waals surface area contributed by atoms with Gasteiger partial charge in [0.1, 0.15) is 19.0 Å². The van der Waals surface area contributed by atoms with E-state index < -0.39 is 24.1 Å². The number of rotatable bonds is 13. The van der Waals surface area contributed by atoms with Crippen molar-refractivity contribution in [1.29, 1.82) is 0 Å². The summed E-state index contributed by atoms with van der Waals surface area (Å²) in [5.41, 5.74) is 0.540. The third-order valence-corrected chi connectivity index (χ3v) is 2.98. The topological polar surface area (TPSA) is 129 Å². The second kappa shape index (κ2) is 14.7. The van der Waals surface area contributed by atoms with Crippen molar-refractivity contribution >= 4 is 24.1 Å². The molecule has 0 radical (unpaired) electrons. The number of carbonyl (C=O) groups excluding carboxylic acids is 4. The van der Waals surface area contributed by atoms with Crippen LogP contribution in [0.3, 0.4) is 0 Å². The number of hydrogen-bond donors (Lipinski definition) is 2. The molecule has 10 heteroatoms. The molecule has 0 fully saturated rings. The van der Waals surface area contributed by atoms with E-state index in [2.05, 4.69) is 30.4 Å². The Kier molecular flexibility index (Phi) is 13.0. The number of esters is 2. The van der Waals surface area contributed by atoms with E-state index in [9.17, 15) is 19.2 Å². The van der Waals surface area contributed by atoms with Crippen molar-refractivity contribution < 1.29 is 38.1 Å². The lowest BCUT2D eigenvalue weighted by atomic mass is 10.3. The van der Waals surface area contributed by atoms with Crippen LogP contribution in [0.4, 0.5) is 9.59 Å². The Morgan fingerprint density at radius 2 is 1.21 bits per heavy atom. The molecule has 0 spiro atoms. The first-order valence-electron chi connectivity index (χ1n) is 8.82. The van der Waals surface area contributed by atoms with Crippen molar-refractivity contribution in [2.45, 2.75) is 26.7 Å². The summed E-state index contributed by atoms with van der Waals surface area (Å²) in [4.78, 5) is 45.2. The van der Waals surface area contributed by atoms with Gasteiger partial charge in [-0.25, -0.2) is 19.2 Å². The lowest BCUT2D eigenvalue weighted by Gasteiger charge is -2.10. The molecule has 0 atom stereocenters. The highest BCUT2D eigenvalue weighted by molar-refractivity contribution is 5.87. The predicted octanol–water partition coefficient (Wildman–Crippen LogP) is 1.97. The minimum absolute atomic E-state index is 0.00689. The molecule has 0 aromatic heterocycles. The molecule has 2 amide bonds. The number of allylic oxidation sites excluding steroid dienone is 1. The molecule has 0 heterocycles. The number of ether oxygens (including phenoxy) is 4. The van der Waals surface area contributed by atoms with Crippen LogP contribution in [0.5, 0.6) is 0 Å². The Hall–Kier alpha value is -3.30. The standard InChI is InChI=1S/C19H28N2O8/c1-13(2)16(22)26-11-8-20-18(24)28-10-6-7-15(5)29-19(25)21-9-12-27-17(23)14(3)4/h1,3,5-12H2,2,4H3,(H,20,24)(H,21,25). The quantitative estimate of drug-likeness (QED) is 0.154. The Balaban J connectivity index is 3.70. The van der Waals surface area contributed by atoms with Gasteiger partial charge in [0.2, 0.25) is 0 Å². The Labute approximate surface area is 169 Å². The van der Waals surface area contributed by atoms with Gasteiger partial charge < -0.3 is 29.6 Å². The van der Waals surface area contributed by atoms with E-state index in [0.717, 1.165) is 0 Å². The molecule has 0 aromatic rings. The first-order valence-corrected chi connectivity index (χ1v) is 8.82. The average Bonchev–Trinajstić information content (AvgIpc) is 2.65. The number of alkyl carbamates (subject to hydrolysis) is 2. The molecule has 0 aliphatic rings. The second-order valence-corrected chi connectivity index (χ2v) is 5.85. The van der Waals surface area contributed by atoms with Crippen molar-refractivity contribution in [1.82, 2.24) is 10.6 Å². The fourth-order valence-corrected chi connectivity index (χ4v) is 1.54. The summed E-state index contributed by atoms with van der Waals surface area (Å²) in [5.74, 6) is -0.880. The van der Waals surface area contributed by atoms with E-state index in [4.69, 9.17) is 18.9 Å². The molecule has 0 unspecified atom stereocenters. The highest BCUT2D eigenvalue weighted by Crippen LogP contribution is 2.04. The highest BCUT2D eigenvalue weighted by atomic mass is 16.6. The summed E-state index contributed by atoms with van der Waals surface area (Å²) < 4.78 is 19.4. The first kappa shape index (κ1) is 25.7. The Bertz CT molecular complexity index is 642. The van der Waals surface area contributed by atoms with Gasteiger partial charge in [-0.05, 0) is 20.3 Å². The lowest BCUT2D eigenvalue weighted by Crippen LogP contribution is -2.29. The van der Waals surface area contributed by atoms with E-state index in [-0.39, 0.29) is 49.8 Å². The molecule has 0 bridgehead atoms. The zero-order valence-corrected chi connectivity index (χ0v) is 16.8. The van der Waals surface area contributed by atoms with Crippen LogP contribution in [0.1, 0.15) is 26.7 Å². The van der Waals surface area contributed by atoms with Gasteiger partial charge in [-0.15, -0.1) is 0 Å². The van der Waals surface area contributed by atoms with Gasteiger partial charge >= 0.3 is 24.1 Å². The highest BCUT2D eigenvalue weighted by Gasteiger charge is 2.08. The zero-order chi connectivity index (χ0) is 22.2. The summed E-state index contributed by atoms with van der Waals surface area (Å²) >= 11 is 0. The molecule has 0 aromatic carbocycles. The Morgan fingerprint density at radius 1 is 0.724 bits per heavy atom. The fourth-order valence-electron chi connectivity index (χ4n) is 1.54. The van der Waals surface area contributed by atoms with Gasteiger partial charge in [-0.3, -0.25) is 0 Å². The minimum atomic E-state index is -0.732. The Morgan fingerprint density at radius 3 is 1.69 bits per heavy atom. The van der Waals surface area contributed by atoms with Gasteiger partial charge in [-0.1, -0.05) is 19.7 Å². The van der Waals surface area contributed by atoms with Gasteiger partial charge in [0.15, 0.2) is 0 Å². The maximum Gasteiger partial charge on any atom is 0.412 e. The van der Waals surface area contributed by atoms with Crippen molar-refractivity contribution in [3.8, 4) is 0 Å². The van der Waals surface area contributed by atoms with E-state index in [0.29, 0.717) is 12.8 Å². The summed E-state index contributed by atoms with van der Waals surface area (Å²) in [6, 6.07) is 0. The first-order chi connectivity index (χ1) is 13.6. The van der Waals surface area contributed by atoms with Crippen molar-refractivity contribution in [2.75, 3.05) is 32.9 Å². The minimum Gasteiger partial charge on any atom is -0.460 e. The summed E-state index contributed by atoms with van der Waals surface area (Å²) in [5, 5.41) is 4.81.